The molecule has 2 aliphatic rings. The van der Waals surface area contributed by atoms with Gasteiger partial charge in [0.25, 0.3) is 0 Å². The van der Waals surface area contributed by atoms with Crippen LogP contribution < -0.4 is 10.6 Å². The van der Waals surface area contributed by atoms with Crippen molar-refractivity contribution < 1.29 is 13.2 Å². The zero-order valence-electron chi connectivity index (χ0n) is 16.8. The molecule has 166 valence electrons. The molecule has 0 aromatic heterocycles. The first kappa shape index (κ1) is 26.1. The first-order chi connectivity index (χ1) is 12.9. The van der Waals surface area contributed by atoms with Crippen LogP contribution in [0.1, 0.15) is 18.4 Å². The van der Waals surface area contributed by atoms with E-state index in [1.54, 1.807) is 12.1 Å². The maximum atomic E-state index is 12.7. The van der Waals surface area contributed by atoms with Crippen LogP contribution >= 0.6 is 24.8 Å². The first-order valence-corrected chi connectivity index (χ1v) is 11.2. The molecule has 0 bridgehead atoms. The SMILES string of the molecule is Cc1ccc(S(=O)(=O)N2CCN(CC(=O)NCC3CCCNC3)CC2)cc1.Cl.Cl. The van der Waals surface area contributed by atoms with Crippen LogP contribution in [0.4, 0.5) is 0 Å². The molecule has 0 aliphatic carbocycles. The molecule has 0 radical (unpaired) electrons. The van der Waals surface area contributed by atoms with E-state index >= 15 is 0 Å². The monoisotopic (exact) mass is 466 g/mol. The number of carbonyl (C=O) groups is 1. The number of benzene rings is 1. The number of piperidine rings is 1. The van der Waals surface area contributed by atoms with Crippen molar-refractivity contribution in [3.63, 3.8) is 0 Å². The number of sulfonamides is 1. The van der Waals surface area contributed by atoms with Gasteiger partial charge in [0.2, 0.25) is 15.9 Å². The van der Waals surface area contributed by atoms with Gasteiger partial charge in [0.1, 0.15) is 0 Å². The zero-order chi connectivity index (χ0) is 19.3. The fourth-order valence-corrected chi connectivity index (χ4v) is 5.02. The standard InChI is InChI=1S/C19H30N4O3S.2ClH/c1-16-4-6-18(7-5-16)27(25,26)23-11-9-22(10-12-23)15-19(24)21-14-17-3-2-8-20-13-17;;/h4-7,17,20H,2-3,8-15H2,1H3,(H,21,24);2*1H. The average Bonchev–Trinajstić information content (AvgIpc) is 2.68. The second-order valence-corrected chi connectivity index (χ2v) is 9.45. The van der Waals surface area contributed by atoms with Crippen LogP contribution in [0.2, 0.25) is 0 Å². The Bertz CT molecular complexity index is 732. The molecule has 1 unspecified atom stereocenters. The lowest BCUT2D eigenvalue weighted by Crippen LogP contribution is -2.51. The molecule has 1 aromatic rings. The molecule has 0 spiro atoms. The molecule has 2 aliphatic heterocycles. The molecule has 1 aromatic carbocycles. The molecule has 0 saturated carbocycles. The number of nitrogens with one attached hydrogen (secondary N) is 2. The quantitative estimate of drug-likeness (QED) is 0.659. The maximum absolute atomic E-state index is 12.7. The number of carbonyl (C=O) groups excluding carboxylic acids is 1. The lowest BCUT2D eigenvalue weighted by molar-refractivity contribution is -0.122. The van der Waals surface area contributed by atoms with E-state index in [1.165, 1.54) is 4.31 Å². The molecule has 3 rings (SSSR count). The summed E-state index contributed by atoms with van der Waals surface area (Å²) in [6.45, 7) is 6.99. The molecule has 2 N–H and O–H groups in total. The van der Waals surface area contributed by atoms with Crippen molar-refractivity contribution in [2.75, 3.05) is 52.4 Å². The summed E-state index contributed by atoms with van der Waals surface area (Å²) in [7, 11) is -3.46. The number of halogens is 2. The highest BCUT2D eigenvalue weighted by Crippen LogP contribution is 2.18. The third-order valence-electron chi connectivity index (χ3n) is 5.34. The second-order valence-electron chi connectivity index (χ2n) is 7.51. The Labute approximate surface area is 186 Å². The summed E-state index contributed by atoms with van der Waals surface area (Å²) in [6.07, 6.45) is 2.32. The summed E-state index contributed by atoms with van der Waals surface area (Å²) in [4.78, 5) is 14.5. The van der Waals surface area contributed by atoms with E-state index in [0.29, 0.717) is 50.1 Å². The van der Waals surface area contributed by atoms with Crippen molar-refractivity contribution in [2.24, 2.45) is 5.92 Å². The van der Waals surface area contributed by atoms with Gasteiger partial charge in [0.05, 0.1) is 11.4 Å². The molecule has 10 heteroatoms. The topological polar surface area (TPSA) is 81.8 Å². The zero-order valence-corrected chi connectivity index (χ0v) is 19.3. The number of amides is 1. The van der Waals surface area contributed by atoms with E-state index in [0.717, 1.165) is 31.5 Å². The molecule has 1 amide bonds. The number of aryl methyl sites for hydroxylation is 1. The fourth-order valence-electron chi connectivity index (χ4n) is 3.60. The molecular weight excluding hydrogens is 435 g/mol. The number of rotatable bonds is 6. The van der Waals surface area contributed by atoms with Crippen molar-refractivity contribution >= 4 is 40.7 Å². The van der Waals surface area contributed by atoms with Crippen molar-refractivity contribution in [3.8, 4) is 0 Å². The Morgan fingerprint density at radius 2 is 1.79 bits per heavy atom. The minimum absolute atomic E-state index is 0. The third-order valence-corrected chi connectivity index (χ3v) is 7.26. The summed E-state index contributed by atoms with van der Waals surface area (Å²) in [5.74, 6) is 0.537. The van der Waals surface area contributed by atoms with E-state index in [1.807, 2.05) is 24.0 Å². The first-order valence-electron chi connectivity index (χ1n) is 9.72. The maximum Gasteiger partial charge on any atom is 0.243 e. The predicted molar refractivity (Wildman–Crippen MR) is 119 cm³/mol. The van der Waals surface area contributed by atoms with Gasteiger partial charge in [-0.3, -0.25) is 9.69 Å². The number of nitrogens with zero attached hydrogens (tertiary/aromatic N) is 2. The predicted octanol–water partition coefficient (Wildman–Crippen LogP) is 1.26. The van der Waals surface area contributed by atoms with Gasteiger partial charge in [-0.15, -0.1) is 24.8 Å². The van der Waals surface area contributed by atoms with Crippen LogP contribution in [0.15, 0.2) is 29.2 Å². The van der Waals surface area contributed by atoms with Gasteiger partial charge in [-0.2, -0.15) is 4.31 Å². The van der Waals surface area contributed by atoms with Crippen LogP contribution in [-0.2, 0) is 14.8 Å². The molecule has 29 heavy (non-hydrogen) atoms. The van der Waals surface area contributed by atoms with Gasteiger partial charge in [0.15, 0.2) is 0 Å². The highest BCUT2D eigenvalue weighted by Gasteiger charge is 2.29. The summed E-state index contributed by atoms with van der Waals surface area (Å²) in [5, 5.41) is 6.37. The van der Waals surface area contributed by atoms with E-state index < -0.39 is 10.0 Å². The minimum Gasteiger partial charge on any atom is -0.355 e. The van der Waals surface area contributed by atoms with Crippen molar-refractivity contribution in [1.82, 2.24) is 19.8 Å². The van der Waals surface area contributed by atoms with Crippen molar-refractivity contribution in [3.05, 3.63) is 29.8 Å². The van der Waals surface area contributed by atoms with Gasteiger partial charge in [0, 0.05) is 32.7 Å². The van der Waals surface area contributed by atoms with Gasteiger partial charge >= 0.3 is 0 Å². The van der Waals surface area contributed by atoms with Crippen molar-refractivity contribution in [1.29, 1.82) is 0 Å². The van der Waals surface area contributed by atoms with Crippen LogP contribution in [0, 0.1) is 12.8 Å². The highest BCUT2D eigenvalue weighted by molar-refractivity contribution is 7.89. The Hall–Kier alpha value is -0.900. The number of hydrogen-bond acceptors (Lipinski definition) is 5. The van der Waals surface area contributed by atoms with E-state index in [9.17, 15) is 13.2 Å². The Kier molecular flexibility index (Phi) is 10.9. The van der Waals surface area contributed by atoms with E-state index in [-0.39, 0.29) is 30.7 Å². The average molecular weight is 467 g/mol. The van der Waals surface area contributed by atoms with E-state index in [2.05, 4.69) is 10.6 Å². The second kappa shape index (κ2) is 12.1. The normalized spacial score (nSPS) is 20.9. The molecule has 7 nitrogen and oxygen atoms in total. The lowest BCUT2D eigenvalue weighted by Gasteiger charge is -2.33. The molecule has 2 heterocycles. The van der Waals surface area contributed by atoms with E-state index in [4.69, 9.17) is 0 Å². The summed E-state index contributed by atoms with van der Waals surface area (Å²) < 4.78 is 27.0. The van der Waals surface area contributed by atoms with Gasteiger partial charge < -0.3 is 10.6 Å². The fraction of sp³-hybridized carbons (Fsp3) is 0.632. The largest absolute Gasteiger partial charge is 0.355 e. The summed E-state index contributed by atoms with van der Waals surface area (Å²) in [5.41, 5.74) is 1.04. The van der Waals surface area contributed by atoms with Crippen LogP contribution in [0.3, 0.4) is 0 Å². The summed E-state index contributed by atoms with van der Waals surface area (Å²) >= 11 is 0. The Balaban J connectivity index is 0.00000210. The summed E-state index contributed by atoms with van der Waals surface area (Å²) in [6, 6.07) is 6.94. The molecular formula is C19H32Cl2N4O3S. The molecule has 1 atom stereocenters. The lowest BCUT2D eigenvalue weighted by atomic mass is 10.00. The third kappa shape index (κ3) is 7.38. The molecule has 2 saturated heterocycles. The minimum atomic E-state index is -3.46. The van der Waals surface area contributed by atoms with Gasteiger partial charge in [-0.05, 0) is 50.9 Å². The number of piperazine rings is 1. The van der Waals surface area contributed by atoms with Crippen LogP contribution in [0.25, 0.3) is 0 Å². The Morgan fingerprint density at radius 3 is 2.38 bits per heavy atom. The van der Waals surface area contributed by atoms with Crippen LogP contribution in [0.5, 0.6) is 0 Å². The molecule has 2 fully saturated rings. The number of hydrogen-bond donors (Lipinski definition) is 2. The highest BCUT2D eigenvalue weighted by atomic mass is 35.5. The van der Waals surface area contributed by atoms with Gasteiger partial charge in [-0.1, -0.05) is 17.7 Å². The van der Waals surface area contributed by atoms with Crippen molar-refractivity contribution in [2.45, 2.75) is 24.7 Å². The van der Waals surface area contributed by atoms with Gasteiger partial charge in [-0.25, -0.2) is 8.42 Å². The van der Waals surface area contributed by atoms with Crippen LogP contribution in [-0.4, -0.2) is 75.9 Å². The smallest absolute Gasteiger partial charge is 0.243 e. The Morgan fingerprint density at radius 1 is 1.14 bits per heavy atom.